The lowest BCUT2D eigenvalue weighted by Gasteiger charge is -2.19. The Morgan fingerprint density at radius 2 is 2.33 bits per heavy atom. The number of hydrazine groups is 1. The maximum absolute atomic E-state index is 6.16. The molecule has 2 heterocycles. The van der Waals surface area contributed by atoms with Crippen molar-refractivity contribution < 1.29 is 0 Å². The van der Waals surface area contributed by atoms with Crippen molar-refractivity contribution in [3.05, 3.63) is 45.4 Å². The van der Waals surface area contributed by atoms with Gasteiger partial charge in [-0.15, -0.1) is 0 Å². The third kappa shape index (κ3) is 2.42. The van der Waals surface area contributed by atoms with Crippen LogP contribution in [-0.2, 0) is 6.54 Å². The summed E-state index contributed by atoms with van der Waals surface area (Å²) in [5.74, 6) is 5.67. The lowest BCUT2D eigenvalue weighted by Crippen LogP contribution is -2.31. The predicted octanol–water partition coefficient (Wildman–Crippen LogP) is 2.27. The molecular formula is C11H13BrClN5. The summed E-state index contributed by atoms with van der Waals surface area (Å²) in [4.78, 5) is 3.97. The highest BCUT2D eigenvalue weighted by atomic mass is 79.9. The summed E-state index contributed by atoms with van der Waals surface area (Å²) in [5, 5.41) is 4.84. The Morgan fingerprint density at radius 1 is 1.56 bits per heavy atom. The topological polar surface area (TPSA) is 68.8 Å². The molecule has 3 N–H and O–H groups in total. The minimum Gasteiger partial charge on any atom is -0.271 e. The number of nitrogens with zero attached hydrogens (tertiary/aromatic N) is 3. The first kappa shape index (κ1) is 13.5. The molecule has 96 valence electrons. The summed E-state index contributed by atoms with van der Waals surface area (Å²) >= 11 is 9.64. The van der Waals surface area contributed by atoms with Crippen molar-refractivity contribution >= 4 is 27.5 Å². The van der Waals surface area contributed by atoms with E-state index in [2.05, 4.69) is 31.4 Å². The number of nitrogens with two attached hydrogens (primary N) is 1. The lowest BCUT2D eigenvalue weighted by atomic mass is 10.1. The monoisotopic (exact) mass is 329 g/mol. The van der Waals surface area contributed by atoms with Crippen LogP contribution in [0.2, 0.25) is 5.02 Å². The van der Waals surface area contributed by atoms with Crippen LogP contribution in [0.25, 0.3) is 0 Å². The molecule has 0 radical (unpaired) electrons. The molecule has 0 spiro atoms. The molecular weight excluding hydrogens is 318 g/mol. The maximum atomic E-state index is 6.16. The van der Waals surface area contributed by atoms with Crippen molar-refractivity contribution in [3.63, 3.8) is 0 Å². The number of hydrogen-bond donors (Lipinski definition) is 2. The van der Waals surface area contributed by atoms with E-state index >= 15 is 0 Å². The van der Waals surface area contributed by atoms with Crippen LogP contribution < -0.4 is 11.3 Å². The zero-order valence-electron chi connectivity index (χ0n) is 9.77. The van der Waals surface area contributed by atoms with E-state index in [0.29, 0.717) is 5.02 Å². The molecule has 0 aromatic carbocycles. The third-order valence-corrected chi connectivity index (χ3v) is 3.61. The number of aryl methyl sites for hydroxylation is 1. The second kappa shape index (κ2) is 5.79. The molecule has 7 heteroatoms. The molecule has 0 bridgehead atoms. The smallest absolute Gasteiger partial charge is 0.0905 e. The van der Waals surface area contributed by atoms with Crippen LogP contribution in [0.3, 0.4) is 0 Å². The Balaban J connectivity index is 2.52. The summed E-state index contributed by atoms with van der Waals surface area (Å²) in [6, 6.07) is 1.60. The number of nitrogens with one attached hydrogen (secondary N) is 1. The van der Waals surface area contributed by atoms with E-state index in [9.17, 15) is 0 Å². The molecule has 0 saturated heterocycles. The van der Waals surface area contributed by atoms with Gasteiger partial charge in [-0.1, -0.05) is 11.6 Å². The van der Waals surface area contributed by atoms with Crippen LogP contribution in [0.1, 0.15) is 24.2 Å². The molecule has 0 amide bonds. The van der Waals surface area contributed by atoms with Gasteiger partial charge in [0.25, 0.3) is 0 Å². The first-order valence-corrected chi connectivity index (χ1v) is 6.62. The van der Waals surface area contributed by atoms with Gasteiger partial charge in [-0.25, -0.2) is 5.43 Å². The fourth-order valence-electron chi connectivity index (χ4n) is 1.85. The number of hydrogen-bond acceptors (Lipinski definition) is 4. The first-order chi connectivity index (χ1) is 8.69. The fourth-order valence-corrected chi connectivity index (χ4v) is 2.60. The quantitative estimate of drug-likeness (QED) is 0.666. The molecule has 0 aliphatic rings. The van der Waals surface area contributed by atoms with Gasteiger partial charge < -0.3 is 0 Å². The Labute approximate surface area is 118 Å². The second-order valence-electron chi connectivity index (χ2n) is 3.69. The predicted molar refractivity (Wildman–Crippen MR) is 74.0 cm³/mol. The molecule has 2 aromatic rings. The summed E-state index contributed by atoms with van der Waals surface area (Å²) in [5.41, 5.74) is 4.58. The van der Waals surface area contributed by atoms with Gasteiger partial charge in [0.1, 0.15) is 0 Å². The van der Waals surface area contributed by atoms with Crippen LogP contribution in [0, 0.1) is 0 Å². The third-order valence-electron chi connectivity index (χ3n) is 2.69. The van der Waals surface area contributed by atoms with Gasteiger partial charge >= 0.3 is 0 Å². The number of aromatic nitrogens is 3. The van der Waals surface area contributed by atoms with Crippen molar-refractivity contribution in [1.29, 1.82) is 0 Å². The number of rotatable bonds is 4. The molecule has 2 aromatic heterocycles. The Morgan fingerprint density at radius 3 is 2.94 bits per heavy atom. The van der Waals surface area contributed by atoms with E-state index in [1.807, 2.05) is 17.7 Å². The average molecular weight is 331 g/mol. The highest BCUT2D eigenvalue weighted by Crippen LogP contribution is 2.31. The van der Waals surface area contributed by atoms with Gasteiger partial charge in [0.15, 0.2) is 0 Å². The summed E-state index contributed by atoms with van der Waals surface area (Å²) in [7, 11) is 0. The Kier molecular flexibility index (Phi) is 4.34. The van der Waals surface area contributed by atoms with Gasteiger partial charge in [0.05, 0.1) is 27.4 Å². The van der Waals surface area contributed by atoms with Gasteiger partial charge in [-0.2, -0.15) is 5.10 Å². The van der Waals surface area contributed by atoms with E-state index in [1.54, 1.807) is 18.6 Å². The van der Waals surface area contributed by atoms with Gasteiger partial charge in [0.2, 0.25) is 0 Å². The van der Waals surface area contributed by atoms with E-state index in [0.717, 1.165) is 22.3 Å². The highest BCUT2D eigenvalue weighted by Gasteiger charge is 2.22. The second-order valence-corrected chi connectivity index (χ2v) is 4.95. The average Bonchev–Trinajstić information content (AvgIpc) is 2.74. The Hall–Kier alpha value is -0.950. The van der Waals surface area contributed by atoms with Crippen LogP contribution in [-0.4, -0.2) is 14.8 Å². The first-order valence-electron chi connectivity index (χ1n) is 5.45. The van der Waals surface area contributed by atoms with Crippen LogP contribution in [0.15, 0.2) is 29.1 Å². The minimum absolute atomic E-state index is 0.239. The zero-order valence-corrected chi connectivity index (χ0v) is 12.1. The van der Waals surface area contributed by atoms with Gasteiger partial charge in [-0.05, 0) is 34.5 Å². The molecule has 1 atom stereocenters. The van der Waals surface area contributed by atoms with E-state index in [1.165, 1.54) is 0 Å². The molecule has 0 aliphatic carbocycles. The van der Waals surface area contributed by atoms with Crippen molar-refractivity contribution in [3.8, 4) is 0 Å². The number of pyridine rings is 1. The minimum atomic E-state index is -0.239. The van der Waals surface area contributed by atoms with Gasteiger partial charge in [0, 0.05) is 18.9 Å². The molecule has 18 heavy (non-hydrogen) atoms. The van der Waals surface area contributed by atoms with Crippen LogP contribution in [0.5, 0.6) is 0 Å². The highest BCUT2D eigenvalue weighted by molar-refractivity contribution is 9.10. The van der Waals surface area contributed by atoms with Gasteiger partial charge in [-0.3, -0.25) is 15.5 Å². The normalized spacial score (nSPS) is 12.7. The van der Waals surface area contributed by atoms with Crippen molar-refractivity contribution in [2.45, 2.75) is 19.5 Å². The van der Waals surface area contributed by atoms with E-state index < -0.39 is 0 Å². The molecule has 0 saturated carbocycles. The Bertz CT molecular complexity index is 542. The molecule has 0 fully saturated rings. The fraction of sp³-hybridized carbons (Fsp3) is 0.273. The largest absolute Gasteiger partial charge is 0.271 e. The summed E-state index contributed by atoms with van der Waals surface area (Å²) < 4.78 is 2.76. The van der Waals surface area contributed by atoms with E-state index in [-0.39, 0.29) is 6.04 Å². The SMILES string of the molecule is CCn1ncc(Br)c1C(NN)c1ccncc1Cl. The summed E-state index contributed by atoms with van der Waals surface area (Å²) in [6.45, 7) is 2.77. The van der Waals surface area contributed by atoms with Crippen molar-refractivity contribution in [1.82, 2.24) is 20.2 Å². The number of halogens is 2. The summed E-state index contributed by atoms with van der Waals surface area (Å²) in [6.07, 6.45) is 5.03. The maximum Gasteiger partial charge on any atom is 0.0905 e. The standard InChI is InChI=1S/C11H13BrClN5/c1-2-18-11(8(12)5-16-18)10(17-14)7-3-4-15-6-9(7)13/h3-6,10,17H,2,14H2,1H3. The lowest BCUT2D eigenvalue weighted by molar-refractivity contribution is 0.541. The zero-order chi connectivity index (χ0) is 13.1. The van der Waals surface area contributed by atoms with E-state index in [4.69, 9.17) is 17.4 Å². The molecule has 5 nitrogen and oxygen atoms in total. The van der Waals surface area contributed by atoms with Crippen molar-refractivity contribution in [2.24, 2.45) is 5.84 Å². The van der Waals surface area contributed by atoms with Crippen molar-refractivity contribution in [2.75, 3.05) is 0 Å². The molecule has 0 aliphatic heterocycles. The van der Waals surface area contributed by atoms with Crippen LogP contribution >= 0.6 is 27.5 Å². The molecule has 1 unspecified atom stereocenters. The van der Waals surface area contributed by atoms with Crippen LogP contribution in [0.4, 0.5) is 0 Å². The molecule has 2 rings (SSSR count).